The summed E-state index contributed by atoms with van der Waals surface area (Å²) in [4.78, 5) is 21.3. The number of sulfonamides is 1. The molecular formula is C12H16N2O6S. The number of primary amides is 1. The smallest absolute Gasteiger partial charge is 0.306 e. The molecule has 0 spiro atoms. The molecule has 0 fully saturated rings. The Kier molecular flexibility index (Phi) is 5.05. The molecule has 0 aliphatic carbocycles. The number of carbonyl (C=O) groups is 2. The minimum Gasteiger partial charge on any atom is -0.481 e. The van der Waals surface area contributed by atoms with Gasteiger partial charge in [-0.15, -0.1) is 0 Å². The maximum Gasteiger partial charge on any atom is 0.306 e. The van der Waals surface area contributed by atoms with E-state index in [1.807, 2.05) is 0 Å². The Bertz CT molecular complexity index is 636. The SMILES string of the molecule is CC(O)(CNS(=O)(=O)c1ccc(C(N)=O)cc1)CC(=O)O. The first-order valence-electron chi connectivity index (χ1n) is 5.87. The van der Waals surface area contributed by atoms with Gasteiger partial charge in [0.15, 0.2) is 0 Å². The first kappa shape index (κ1) is 17.1. The summed E-state index contributed by atoms with van der Waals surface area (Å²) in [6.45, 7) is 0.749. The van der Waals surface area contributed by atoms with E-state index in [4.69, 9.17) is 10.8 Å². The average Bonchev–Trinajstić information content (AvgIpc) is 2.35. The maximum atomic E-state index is 12.0. The lowest BCUT2D eigenvalue weighted by atomic mass is 10.0. The summed E-state index contributed by atoms with van der Waals surface area (Å²) in [6, 6.07) is 4.89. The molecule has 1 aromatic carbocycles. The highest BCUT2D eigenvalue weighted by molar-refractivity contribution is 7.89. The molecule has 1 atom stereocenters. The van der Waals surface area contributed by atoms with Gasteiger partial charge in [-0.3, -0.25) is 9.59 Å². The Morgan fingerprint density at radius 3 is 2.24 bits per heavy atom. The van der Waals surface area contributed by atoms with Crippen LogP contribution in [0.3, 0.4) is 0 Å². The standard InChI is InChI=1S/C12H16N2O6S/c1-12(18,6-10(15)16)7-14-21(19,20)9-4-2-8(3-5-9)11(13)17/h2-5,14,18H,6-7H2,1H3,(H2,13,17)(H,15,16). The van der Waals surface area contributed by atoms with Crippen LogP contribution in [0, 0.1) is 0 Å². The average molecular weight is 316 g/mol. The summed E-state index contributed by atoms with van der Waals surface area (Å²) in [7, 11) is -3.93. The Morgan fingerprint density at radius 1 is 1.29 bits per heavy atom. The molecule has 116 valence electrons. The maximum absolute atomic E-state index is 12.0. The number of hydrogen-bond acceptors (Lipinski definition) is 5. The summed E-state index contributed by atoms with van der Waals surface area (Å²) in [5.74, 6) is -1.93. The van der Waals surface area contributed by atoms with Crippen molar-refractivity contribution in [2.24, 2.45) is 5.73 Å². The predicted molar refractivity (Wildman–Crippen MR) is 73.0 cm³/mol. The summed E-state index contributed by atoms with van der Waals surface area (Å²) in [6.07, 6.45) is -0.601. The van der Waals surface area contributed by atoms with Crippen molar-refractivity contribution in [3.63, 3.8) is 0 Å². The summed E-state index contributed by atoms with van der Waals surface area (Å²) in [5.41, 5.74) is 3.49. The zero-order valence-corrected chi connectivity index (χ0v) is 12.1. The number of hydrogen-bond donors (Lipinski definition) is 4. The number of carbonyl (C=O) groups excluding carboxylic acids is 1. The number of carboxylic acid groups (broad SMARTS) is 1. The molecular weight excluding hydrogens is 300 g/mol. The molecule has 0 saturated heterocycles. The monoisotopic (exact) mass is 316 g/mol. The number of nitrogens with one attached hydrogen (secondary N) is 1. The predicted octanol–water partition coefficient (Wildman–Crippen LogP) is -0.710. The van der Waals surface area contributed by atoms with Crippen LogP contribution in [0.25, 0.3) is 0 Å². The molecule has 1 aromatic rings. The number of aliphatic carboxylic acids is 1. The first-order valence-corrected chi connectivity index (χ1v) is 7.35. The van der Waals surface area contributed by atoms with E-state index in [9.17, 15) is 23.1 Å². The molecule has 1 rings (SSSR count). The molecule has 1 unspecified atom stereocenters. The quantitative estimate of drug-likeness (QED) is 0.522. The van der Waals surface area contributed by atoms with E-state index in [1.165, 1.54) is 31.2 Å². The molecule has 0 bridgehead atoms. The fourth-order valence-corrected chi connectivity index (χ4v) is 2.68. The van der Waals surface area contributed by atoms with Gasteiger partial charge in [0.1, 0.15) is 0 Å². The number of benzene rings is 1. The second-order valence-corrected chi connectivity index (χ2v) is 6.55. The second-order valence-electron chi connectivity index (χ2n) is 4.78. The van der Waals surface area contributed by atoms with Crippen molar-refractivity contribution in [3.8, 4) is 0 Å². The topological polar surface area (TPSA) is 147 Å². The lowest BCUT2D eigenvalue weighted by Gasteiger charge is -2.21. The lowest BCUT2D eigenvalue weighted by Crippen LogP contribution is -2.42. The van der Waals surface area contributed by atoms with Crippen molar-refractivity contribution in [1.82, 2.24) is 4.72 Å². The van der Waals surface area contributed by atoms with Crippen molar-refractivity contribution in [3.05, 3.63) is 29.8 Å². The summed E-state index contributed by atoms with van der Waals surface area (Å²) in [5, 5.41) is 18.3. The van der Waals surface area contributed by atoms with Gasteiger partial charge in [-0.2, -0.15) is 0 Å². The van der Waals surface area contributed by atoms with E-state index >= 15 is 0 Å². The highest BCUT2D eigenvalue weighted by Gasteiger charge is 2.27. The fraction of sp³-hybridized carbons (Fsp3) is 0.333. The third-order valence-electron chi connectivity index (χ3n) is 2.62. The number of carboxylic acids is 1. The van der Waals surface area contributed by atoms with Gasteiger partial charge >= 0.3 is 5.97 Å². The van der Waals surface area contributed by atoms with Gasteiger partial charge in [0, 0.05) is 12.1 Å². The van der Waals surface area contributed by atoms with Crippen LogP contribution in [0.5, 0.6) is 0 Å². The van der Waals surface area contributed by atoms with Gasteiger partial charge in [0.05, 0.1) is 16.9 Å². The Balaban J connectivity index is 2.82. The Hall–Kier alpha value is -1.97. The van der Waals surface area contributed by atoms with E-state index in [0.717, 1.165) is 0 Å². The van der Waals surface area contributed by atoms with Crippen LogP contribution in [-0.4, -0.2) is 42.7 Å². The molecule has 0 aromatic heterocycles. The Morgan fingerprint density at radius 2 is 1.81 bits per heavy atom. The van der Waals surface area contributed by atoms with E-state index in [0.29, 0.717) is 0 Å². The molecule has 8 nitrogen and oxygen atoms in total. The number of nitrogens with two attached hydrogens (primary N) is 1. The van der Waals surface area contributed by atoms with Crippen molar-refractivity contribution in [1.29, 1.82) is 0 Å². The molecule has 1 amide bonds. The van der Waals surface area contributed by atoms with Crippen LogP contribution >= 0.6 is 0 Å². The van der Waals surface area contributed by atoms with Crippen LogP contribution < -0.4 is 10.5 Å². The van der Waals surface area contributed by atoms with Crippen LogP contribution in [0.4, 0.5) is 0 Å². The van der Waals surface area contributed by atoms with Crippen molar-refractivity contribution in [2.75, 3.05) is 6.54 Å². The minimum atomic E-state index is -3.93. The molecule has 0 aliphatic heterocycles. The lowest BCUT2D eigenvalue weighted by molar-refractivity contribution is -0.141. The Labute approximate surface area is 121 Å². The molecule has 0 radical (unpaired) electrons. The van der Waals surface area contributed by atoms with Gasteiger partial charge in [-0.1, -0.05) is 0 Å². The zero-order valence-electron chi connectivity index (χ0n) is 11.2. The van der Waals surface area contributed by atoms with E-state index in [1.54, 1.807) is 0 Å². The number of amides is 1. The van der Waals surface area contributed by atoms with Gasteiger partial charge < -0.3 is 15.9 Å². The molecule has 9 heteroatoms. The zero-order chi connectivity index (χ0) is 16.3. The first-order chi connectivity index (χ1) is 9.53. The highest BCUT2D eigenvalue weighted by atomic mass is 32.2. The van der Waals surface area contributed by atoms with Crippen molar-refractivity contribution >= 4 is 21.9 Å². The number of rotatable bonds is 7. The molecule has 0 heterocycles. The van der Waals surface area contributed by atoms with Gasteiger partial charge in [0.2, 0.25) is 15.9 Å². The van der Waals surface area contributed by atoms with Crippen LogP contribution in [0.2, 0.25) is 0 Å². The van der Waals surface area contributed by atoms with E-state index in [-0.39, 0.29) is 10.5 Å². The highest BCUT2D eigenvalue weighted by Crippen LogP contribution is 2.13. The van der Waals surface area contributed by atoms with Gasteiger partial charge in [-0.25, -0.2) is 13.1 Å². The van der Waals surface area contributed by atoms with Crippen molar-refractivity contribution in [2.45, 2.75) is 23.8 Å². The third-order valence-corrected chi connectivity index (χ3v) is 4.04. The van der Waals surface area contributed by atoms with E-state index < -0.39 is 40.5 Å². The van der Waals surface area contributed by atoms with Crippen LogP contribution in [0.1, 0.15) is 23.7 Å². The van der Waals surface area contributed by atoms with Gasteiger partial charge in [0.25, 0.3) is 0 Å². The fourth-order valence-electron chi connectivity index (χ4n) is 1.52. The summed E-state index contributed by atoms with van der Waals surface area (Å²) >= 11 is 0. The molecule has 5 N–H and O–H groups in total. The molecule has 21 heavy (non-hydrogen) atoms. The largest absolute Gasteiger partial charge is 0.481 e. The minimum absolute atomic E-state index is 0.126. The second kappa shape index (κ2) is 6.20. The van der Waals surface area contributed by atoms with Crippen molar-refractivity contribution < 1.29 is 28.2 Å². The number of aliphatic hydroxyl groups is 1. The van der Waals surface area contributed by atoms with Gasteiger partial charge in [-0.05, 0) is 31.2 Å². The molecule has 0 aliphatic rings. The van der Waals surface area contributed by atoms with Crippen LogP contribution in [0.15, 0.2) is 29.2 Å². The summed E-state index contributed by atoms with van der Waals surface area (Å²) < 4.78 is 26.0. The van der Waals surface area contributed by atoms with Crippen LogP contribution in [-0.2, 0) is 14.8 Å². The normalized spacial score (nSPS) is 14.4. The third kappa shape index (κ3) is 5.14. The molecule has 0 saturated carbocycles. The van der Waals surface area contributed by atoms with E-state index in [2.05, 4.69) is 4.72 Å².